The van der Waals surface area contributed by atoms with E-state index >= 15 is 0 Å². The molecule has 0 radical (unpaired) electrons. The Kier molecular flexibility index (Phi) is 6.33. The maximum absolute atomic E-state index is 12.2. The number of ether oxygens (including phenoxy) is 3. The highest BCUT2D eigenvalue weighted by Gasteiger charge is 2.33. The Labute approximate surface area is 126 Å². The van der Waals surface area contributed by atoms with Crippen molar-refractivity contribution in [2.24, 2.45) is 0 Å². The van der Waals surface area contributed by atoms with Crippen LogP contribution in [0.5, 0.6) is 5.75 Å². The van der Waals surface area contributed by atoms with E-state index in [0.717, 1.165) is 6.07 Å². The summed E-state index contributed by atoms with van der Waals surface area (Å²) in [5.41, 5.74) is -0.0882. The summed E-state index contributed by atoms with van der Waals surface area (Å²) in [4.78, 5) is 0. The maximum atomic E-state index is 12.2. The number of benzene rings is 1. The van der Waals surface area contributed by atoms with Crippen molar-refractivity contribution < 1.29 is 40.6 Å². The van der Waals surface area contributed by atoms with Crippen LogP contribution in [0.2, 0.25) is 5.02 Å². The van der Waals surface area contributed by atoms with Gasteiger partial charge in [0.2, 0.25) is 0 Å². The molecule has 0 N–H and O–H groups in total. The van der Waals surface area contributed by atoms with Crippen molar-refractivity contribution in [3.05, 3.63) is 28.8 Å². The van der Waals surface area contributed by atoms with Gasteiger partial charge in [-0.3, -0.25) is 0 Å². The molecule has 0 saturated heterocycles. The predicted octanol–water partition coefficient (Wildman–Crippen LogP) is 4.51. The number of hydrogen-bond donors (Lipinski definition) is 0. The van der Waals surface area contributed by atoms with Gasteiger partial charge >= 0.3 is 12.4 Å². The monoisotopic (exact) mass is 352 g/mol. The van der Waals surface area contributed by atoms with E-state index in [1.54, 1.807) is 0 Å². The van der Waals surface area contributed by atoms with Crippen LogP contribution in [0.15, 0.2) is 18.2 Å². The van der Waals surface area contributed by atoms with Crippen molar-refractivity contribution in [3.63, 3.8) is 0 Å². The SMILES string of the molecule is COc1cc(C(OCC(F)(F)F)OCC(F)(F)F)ccc1Cl. The van der Waals surface area contributed by atoms with Crippen LogP contribution in [0, 0.1) is 0 Å². The molecule has 22 heavy (non-hydrogen) atoms. The average Bonchev–Trinajstić information content (AvgIpc) is 2.37. The maximum Gasteiger partial charge on any atom is 0.411 e. The van der Waals surface area contributed by atoms with Gasteiger partial charge in [0.25, 0.3) is 0 Å². The zero-order chi connectivity index (χ0) is 17.0. The molecule has 0 aliphatic rings. The molecule has 3 nitrogen and oxygen atoms in total. The minimum absolute atomic E-state index is 0.0652. The quantitative estimate of drug-likeness (QED) is 0.557. The van der Waals surface area contributed by atoms with Gasteiger partial charge in [-0.15, -0.1) is 0 Å². The van der Waals surface area contributed by atoms with E-state index in [9.17, 15) is 26.3 Å². The molecular formula is C12H11ClF6O3. The van der Waals surface area contributed by atoms with E-state index in [1.165, 1.54) is 19.2 Å². The zero-order valence-corrected chi connectivity index (χ0v) is 11.9. The Morgan fingerprint density at radius 2 is 1.50 bits per heavy atom. The third-order valence-corrected chi connectivity index (χ3v) is 2.56. The van der Waals surface area contributed by atoms with E-state index in [0.29, 0.717) is 0 Å². The third kappa shape index (κ3) is 6.71. The molecular weight excluding hydrogens is 342 g/mol. The summed E-state index contributed by atoms with van der Waals surface area (Å²) in [6.07, 6.45) is -11.3. The molecule has 0 fully saturated rings. The van der Waals surface area contributed by atoms with Crippen LogP contribution in [0.25, 0.3) is 0 Å². The van der Waals surface area contributed by atoms with Gasteiger partial charge in [-0.05, 0) is 12.1 Å². The fourth-order valence-corrected chi connectivity index (χ4v) is 1.60. The topological polar surface area (TPSA) is 27.7 Å². The zero-order valence-electron chi connectivity index (χ0n) is 11.1. The van der Waals surface area contributed by atoms with Gasteiger partial charge in [-0.2, -0.15) is 26.3 Å². The number of alkyl halides is 6. The summed E-state index contributed by atoms with van der Waals surface area (Å²) in [6.45, 7) is -3.53. The van der Waals surface area contributed by atoms with Crippen LogP contribution in [-0.4, -0.2) is 32.7 Å². The second-order valence-electron chi connectivity index (χ2n) is 4.08. The number of rotatable bonds is 6. The number of hydrogen-bond acceptors (Lipinski definition) is 3. The van der Waals surface area contributed by atoms with Crippen LogP contribution in [0.1, 0.15) is 11.9 Å². The first-order valence-electron chi connectivity index (χ1n) is 5.72. The number of methoxy groups -OCH3 is 1. The summed E-state index contributed by atoms with van der Waals surface area (Å²) >= 11 is 5.73. The van der Waals surface area contributed by atoms with E-state index in [4.69, 9.17) is 16.3 Å². The molecule has 10 heteroatoms. The van der Waals surface area contributed by atoms with Crippen LogP contribution < -0.4 is 4.74 Å². The largest absolute Gasteiger partial charge is 0.495 e. The molecule has 1 aromatic rings. The molecule has 0 bridgehead atoms. The lowest BCUT2D eigenvalue weighted by Gasteiger charge is -2.21. The molecule has 0 aromatic heterocycles. The molecule has 0 aliphatic heterocycles. The van der Waals surface area contributed by atoms with E-state index in [1.807, 2.05) is 0 Å². The van der Waals surface area contributed by atoms with E-state index < -0.39 is 31.9 Å². The van der Waals surface area contributed by atoms with Crippen molar-refractivity contribution >= 4 is 11.6 Å². The second kappa shape index (κ2) is 7.38. The highest BCUT2D eigenvalue weighted by Crippen LogP contribution is 2.31. The minimum Gasteiger partial charge on any atom is -0.495 e. The summed E-state index contributed by atoms with van der Waals surface area (Å²) < 4.78 is 86.6. The van der Waals surface area contributed by atoms with Gasteiger partial charge < -0.3 is 14.2 Å². The Bertz CT molecular complexity index is 471. The number of halogens is 7. The molecule has 0 heterocycles. The van der Waals surface area contributed by atoms with Gasteiger partial charge in [0.1, 0.15) is 19.0 Å². The Morgan fingerprint density at radius 1 is 1.00 bits per heavy atom. The molecule has 0 unspecified atom stereocenters. The molecule has 0 spiro atoms. The van der Waals surface area contributed by atoms with Gasteiger partial charge in [-0.25, -0.2) is 0 Å². The molecule has 1 aromatic carbocycles. The van der Waals surface area contributed by atoms with Crippen molar-refractivity contribution in [1.82, 2.24) is 0 Å². The summed E-state index contributed by atoms with van der Waals surface area (Å²) in [6, 6.07) is 3.57. The molecule has 1 rings (SSSR count). The van der Waals surface area contributed by atoms with Gasteiger partial charge in [0, 0.05) is 5.56 Å². The van der Waals surface area contributed by atoms with Crippen LogP contribution >= 0.6 is 11.6 Å². The molecule has 0 amide bonds. The first-order chi connectivity index (χ1) is 10.0. The van der Waals surface area contributed by atoms with Crippen molar-refractivity contribution in [3.8, 4) is 5.75 Å². The Hall–Kier alpha value is -1.19. The lowest BCUT2D eigenvalue weighted by molar-refractivity contribution is -0.262. The first-order valence-corrected chi connectivity index (χ1v) is 6.10. The fourth-order valence-electron chi connectivity index (χ4n) is 1.40. The summed E-state index contributed by atoms with van der Waals surface area (Å²) in [5, 5.41) is 0.136. The lowest BCUT2D eigenvalue weighted by Crippen LogP contribution is -2.24. The van der Waals surface area contributed by atoms with Crippen molar-refractivity contribution in [2.45, 2.75) is 18.6 Å². The average molecular weight is 353 g/mol. The summed E-state index contributed by atoms with van der Waals surface area (Å²) in [5.74, 6) is 0.0652. The predicted molar refractivity (Wildman–Crippen MR) is 64.8 cm³/mol. The molecule has 0 aliphatic carbocycles. The van der Waals surface area contributed by atoms with Crippen LogP contribution in [0.3, 0.4) is 0 Å². The minimum atomic E-state index is -4.71. The standard InChI is InChI=1S/C12H11ClF6O3/c1-20-9-4-7(2-3-8(9)13)10(21-5-11(14,15)16)22-6-12(17,18)19/h2-4,10H,5-6H2,1H3. The Morgan fingerprint density at radius 3 is 1.91 bits per heavy atom. The lowest BCUT2D eigenvalue weighted by atomic mass is 10.2. The van der Waals surface area contributed by atoms with Crippen LogP contribution in [-0.2, 0) is 9.47 Å². The normalized spacial score (nSPS) is 12.8. The highest BCUT2D eigenvalue weighted by atomic mass is 35.5. The molecule has 0 saturated carbocycles. The highest BCUT2D eigenvalue weighted by molar-refractivity contribution is 6.32. The fraction of sp³-hybridized carbons (Fsp3) is 0.500. The molecule has 0 atom stereocenters. The van der Waals surface area contributed by atoms with Gasteiger partial charge in [-0.1, -0.05) is 17.7 Å². The van der Waals surface area contributed by atoms with Gasteiger partial charge in [0.05, 0.1) is 12.1 Å². The van der Waals surface area contributed by atoms with Crippen LogP contribution in [0.4, 0.5) is 26.3 Å². The third-order valence-electron chi connectivity index (χ3n) is 2.24. The molecule has 126 valence electrons. The van der Waals surface area contributed by atoms with Crippen molar-refractivity contribution in [2.75, 3.05) is 20.3 Å². The van der Waals surface area contributed by atoms with E-state index in [2.05, 4.69) is 9.47 Å². The van der Waals surface area contributed by atoms with E-state index in [-0.39, 0.29) is 16.3 Å². The smallest absolute Gasteiger partial charge is 0.411 e. The first kappa shape index (κ1) is 18.9. The summed E-state index contributed by atoms with van der Waals surface area (Å²) in [7, 11) is 1.24. The second-order valence-corrected chi connectivity index (χ2v) is 4.49. The van der Waals surface area contributed by atoms with Crippen molar-refractivity contribution in [1.29, 1.82) is 0 Å². The van der Waals surface area contributed by atoms with Gasteiger partial charge in [0.15, 0.2) is 6.29 Å². The Balaban J connectivity index is 2.92.